The molecule has 1 aliphatic rings. The Bertz CT molecular complexity index is 694. The van der Waals surface area contributed by atoms with Gasteiger partial charge in [-0.15, -0.1) is 0 Å². The highest BCUT2D eigenvalue weighted by atomic mass is 16.5. The second-order valence-electron chi connectivity index (χ2n) is 5.57. The van der Waals surface area contributed by atoms with Gasteiger partial charge in [-0.25, -0.2) is 0 Å². The molecule has 3 rings (SSSR count). The van der Waals surface area contributed by atoms with Crippen LogP contribution in [0.25, 0.3) is 0 Å². The van der Waals surface area contributed by atoms with Crippen molar-refractivity contribution < 1.29 is 18.7 Å². The van der Waals surface area contributed by atoms with Crippen LogP contribution < -0.4 is 10.6 Å². The maximum absolute atomic E-state index is 12.2. The number of pyridine rings is 1. The Kier molecular flexibility index (Phi) is 5.22. The Hall–Kier alpha value is -2.67. The van der Waals surface area contributed by atoms with Crippen LogP contribution in [-0.2, 0) is 11.3 Å². The SMILES string of the molecule is O=C(NCc1ccco1)c1cncc(C(=O)NCC2CCCO2)c1. The second kappa shape index (κ2) is 7.74. The molecule has 1 unspecified atom stereocenters. The molecular formula is C17H19N3O4. The zero-order valence-electron chi connectivity index (χ0n) is 13.2. The van der Waals surface area contributed by atoms with Crippen molar-refractivity contribution in [1.29, 1.82) is 0 Å². The third kappa shape index (κ3) is 4.20. The molecule has 1 atom stereocenters. The van der Waals surface area contributed by atoms with Crippen LogP contribution >= 0.6 is 0 Å². The standard InChI is InChI=1S/C17H19N3O4/c21-16(19-10-14-3-1-5-23-14)12-7-13(9-18-8-12)17(22)20-11-15-4-2-6-24-15/h1,3,5,7-9,15H,2,4,6,10-11H2,(H,19,21)(H,20,22). The highest BCUT2D eigenvalue weighted by molar-refractivity contribution is 5.99. The molecule has 0 saturated carbocycles. The summed E-state index contributed by atoms with van der Waals surface area (Å²) < 4.78 is 10.6. The topological polar surface area (TPSA) is 93.5 Å². The molecule has 7 heteroatoms. The van der Waals surface area contributed by atoms with E-state index in [1.165, 1.54) is 18.5 Å². The Morgan fingerprint density at radius 1 is 1.21 bits per heavy atom. The van der Waals surface area contributed by atoms with Crippen molar-refractivity contribution >= 4 is 11.8 Å². The first kappa shape index (κ1) is 16.2. The molecule has 0 bridgehead atoms. The molecule has 24 heavy (non-hydrogen) atoms. The maximum atomic E-state index is 12.2. The molecule has 1 saturated heterocycles. The van der Waals surface area contributed by atoms with Crippen LogP contribution in [0.3, 0.4) is 0 Å². The molecule has 0 spiro atoms. The molecular weight excluding hydrogens is 310 g/mol. The lowest BCUT2D eigenvalue weighted by molar-refractivity contribution is 0.0857. The van der Waals surface area contributed by atoms with E-state index in [4.69, 9.17) is 9.15 Å². The summed E-state index contributed by atoms with van der Waals surface area (Å²) in [6, 6.07) is 5.05. The largest absolute Gasteiger partial charge is 0.467 e. The van der Waals surface area contributed by atoms with E-state index in [-0.39, 0.29) is 24.5 Å². The van der Waals surface area contributed by atoms with Gasteiger partial charge >= 0.3 is 0 Å². The van der Waals surface area contributed by atoms with Gasteiger partial charge in [-0.2, -0.15) is 0 Å². The van der Waals surface area contributed by atoms with Crippen LogP contribution in [0.1, 0.15) is 39.3 Å². The van der Waals surface area contributed by atoms with Gasteiger partial charge in [0.05, 0.1) is 30.0 Å². The minimum atomic E-state index is -0.312. The Balaban J connectivity index is 1.56. The van der Waals surface area contributed by atoms with E-state index in [1.807, 2.05) is 0 Å². The van der Waals surface area contributed by atoms with Crippen molar-refractivity contribution in [1.82, 2.24) is 15.6 Å². The van der Waals surface area contributed by atoms with Gasteiger partial charge in [-0.3, -0.25) is 14.6 Å². The number of amides is 2. The summed E-state index contributed by atoms with van der Waals surface area (Å²) in [5.41, 5.74) is 0.671. The zero-order valence-corrected chi connectivity index (χ0v) is 13.2. The van der Waals surface area contributed by atoms with E-state index in [0.29, 0.717) is 23.4 Å². The van der Waals surface area contributed by atoms with Gasteiger partial charge in [0.1, 0.15) is 5.76 Å². The van der Waals surface area contributed by atoms with Crippen molar-refractivity contribution in [3.8, 4) is 0 Å². The average molecular weight is 329 g/mol. The summed E-state index contributed by atoms with van der Waals surface area (Å²) in [6.07, 6.45) is 6.45. The Morgan fingerprint density at radius 3 is 2.67 bits per heavy atom. The van der Waals surface area contributed by atoms with Gasteiger partial charge in [0.2, 0.25) is 0 Å². The first-order chi connectivity index (χ1) is 11.7. The lowest BCUT2D eigenvalue weighted by Gasteiger charge is -2.11. The summed E-state index contributed by atoms with van der Waals surface area (Å²) >= 11 is 0. The fraction of sp³-hybridized carbons (Fsp3) is 0.353. The smallest absolute Gasteiger partial charge is 0.253 e. The number of aromatic nitrogens is 1. The third-order valence-electron chi connectivity index (χ3n) is 3.78. The predicted molar refractivity (Wildman–Crippen MR) is 85.4 cm³/mol. The van der Waals surface area contributed by atoms with Gasteiger partial charge < -0.3 is 19.8 Å². The van der Waals surface area contributed by atoms with E-state index in [9.17, 15) is 9.59 Å². The molecule has 0 aliphatic carbocycles. The number of nitrogens with one attached hydrogen (secondary N) is 2. The monoisotopic (exact) mass is 329 g/mol. The third-order valence-corrected chi connectivity index (χ3v) is 3.78. The van der Waals surface area contributed by atoms with Crippen molar-refractivity contribution in [2.24, 2.45) is 0 Å². The average Bonchev–Trinajstić information content (AvgIpc) is 3.31. The van der Waals surface area contributed by atoms with E-state index in [1.54, 1.807) is 18.4 Å². The minimum absolute atomic E-state index is 0.0710. The van der Waals surface area contributed by atoms with Crippen molar-refractivity contribution in [2.45, 2.75) is 25.5 Å². The van der Waals surface area contributed by atoms with Crippen LogP contribution in [0.4, 0.5) is 0 Å². The number of ether oxygens (including phenoxy) is 1. The molecule has 2 N–H and O–H groups in total. The van der Waals surface area contributed by atoms with Gasteiger partial charge in [0, 0.05) is 25.5 Å². The molecule has 0 aromatic carbocycles. The number of hydrogen-bond donors (Lipinski definition) is 2. The number of carbonyl (C=O) groups is 2. The fourth-order valence-corrected chi connectivity index (χ4v) is 2.48. The van der Waals surface area contributed by atoms with Gasteiger partial charge in [-0.1, -0.05) is 0 Å². The van der Waals surface area contributed by atoms with Crippen LogP contribution in [0, 0.1) is 0 Å². The number of furan rings is 1. The Morgan fingerprint density at radius 2 is 2.00 bits per heavy atom. The molecule has 0 radical (unpaired) electrons. The van der Waals surface area contributed by atoms with Gasteiger partial charge in [-0.05, 0) is 31.0 Å². The Labute approximate surface area is 139 Å². The molecule has 2 aromatic rings. The molecule has 2 amide bonds. The number of carbonyl (C=O) groups excluding carboxylic acids is 2. The highest BCUT2D eigenvalue weighted by Gasteiger charge is 2.17. The molecule has 1 aliphatic heterocycles. The number of nitrogens with zero attached hydrogens (tertiary/aromatic N) is 1. The van der Waals surface area contributed by atoms with Gasteiger partial charge in [0.15, 0.2) is 0 Å². The molecule has 2 aromatic heterocycles. The van der Waals surface area contributed by atoms with Crippen molar-refractivity contribution in [3.63, 3.8) is 0 Å². The fourth-order valence-electron chi connectivity index (χ4n) is 2.48. The normalized spacial score (nSPS) is 16.8. The van der Waals surface area contributed by atoms with Crippen molar-refractivity contribution in [2.75, 3.05) is 13.2 Å². The van der Waals surface area contributed by atoms with Crippen LogP contribution in [0.2, 0.25) is 0 Å². The molecule has 7 nitrogen and oxygen atoms in total. The van der Waals surface area contributed by atoms with Gasteiger partial charge in [0.25, 0.3) is 11.8 Å². The van der Waals surface area contributed by atoms with Crippen LogP contribution in [0.5, 0.6) is 0 Å². The number of hydrogen-bond acceptors (Lipinski definition) is 5. The summed E-state index contributed by atoms with van der Waals surface area (Å²) in [5, 5.41) is 5.53. The predicted octanol–water partition coefficient (Wildman–Crippen LogP) is 1.51. The molecule has 3 heterocycles. The van der Waals surface area contributed by atoms with Crippen LogP contribution in [0.15, 0.2) is 41.3 Å². The zero-order chi connectivity index (χ0) is 16.8. The quantitative estimate of drug-likeness (QED) is 0.838. The second-order valence-corrected chi connectivity index (χ2v) is 5.57. The lowest BCUT2D eigenvalue weighted by atomic mass is 10.1. The first-order valence-corrected chi connectivity index (χ1v) is 7.88. The summed E-state index contributed by atoms with van der Waals surface area (Å²) in [7, 11) is 0. The minimum Gasteiger partial charge on any atom is -0.467 e. The van der Waals surface area contributed by atoms with Crippen LogP contribution in [-0.4, -0.2) is 36.1 Å². The van der Waals surface area contributed by atoms with E-state index >= 15 is 0 Å². The summed E-state index contributed by atoms with van der Waals surface area (Å²) in [4.78, 5) is 28.3. The lowest BCUT2D eigenvalue weighted by Crippen LogP contribution is -2.32. The van der Waals surface area contributed by atoms with E-state index < -0.39 is 0 Å². The molecule has 126 valence electrons. The van der Waals surface area contributed by atoms with Crippen molar-refractivity contribution in [3.05, 3.63) is 53.7 Å². The maximum Gasteiger partial charge on any atom is 0.253 e. The molecule has 1 fully saturated rings. The van der Waals surface area contributed by atoms with E-state index in [0.717, 1.165) is 19.4 Å². The highest BCUT2D eigenvalue weighted by Crippen LogP contribution is 2.11. The summed E-state index contributed by atoms with van der Waals surface area (Å²) in [6.45, 7) is 1.49. The number of rotatable bonds is 6. The van der Waals surface area contributed by atoms with E-state index in [2.05, 4.69) is 15.6 Å². The first-order valence-electron chi connectivity index (χ1n) is 7.88. The summed E-state index contributed by atoms with van der Waals surface area (Å²) in [5.74, 6) is 0.0770.